The molecule has 0 spiro atoms. The molecule has 0 bridgehead atoms. The molecule has 0 saturated carbocycles. The number of aliphatic hydroxyl groups is 2. The van der Waals surface area contributed by atoms with Crippen LogP contribution >= 0.6 is 0 Å². The summed E-state index contributed by atoms with van der Waals surface area (Å²) >= 11 is 0. The number of methoxy groups -OCH3 is 1. The largest absolute Gasteiger partial charge is 0.469 e. The SMILES string of the molecule is CCCCCC(C)CC(O)CC(=O)OC(CCCCC)CC(O)CC(=O)OC. The second-order valence-electron chi connectivity index (χ2n) is 7.97. The second kappa shape index (κ2) is 16.8. The van der Waals surface area contributed by atoms with E-state index in [2.05, 4.69) is 25.5 Å². The highest BCUT2D eigenvalue weighted by Crippen LogP contribution is 2.19. The summed E-state index contributed by atoms with van der Waals surface area (Å²) in [6.07, 6.45) is 6.72. The molecule has 0 rings (SSSR count). The van der Waals surface area contributed by atoms with Crippen molar-refractivity contribution in [1.29, 1.82) is 0 Å². The number of rotatable bonds is 17. The molecule has 4 unspecified atom stereocenters. The van der Waals surface area contributed by atoms with Crippen molar-refractivity contribution >= 4 is 11.9 Å². The molecule has 0 amide bonds. The zero-order chi connectivity index (χ0) is 21.4. The molecule has 0 heterocycles. The molecular weight excluding hydrogens is 360 g/mol. The number of carbonyl (C=O) groups is 2. The summed E-state index contributed by atoms with van der Waals surface area (Å²) in [5.41, 5.74) is 0. The summed E-state index contributed by atoms with van der Waals surface area (Å²) in [5.74, 6) is -0.560. The van der Waals surface area contributed by atoms with Crippen LogP contribution in [0.1, 0.15) is 97.8 Å². The van der Waals surface area contributed by atoms with E-state index in [0.717, 1.165) is 32.1 Å². The summed E-state index contributed by atoms with van der Waals surface area (Å²) in [7, 11) is 1.28. The molecule has 6 nitrogen and oxygen atoms in total. The minimum atomic E-state index is -0.907. The van der Waals surface area contributed by atoms with Gasteiger partial charge >= 0.3 is 11.9 Å². The van der Waals surface area contributed by atoms with Crippen LogP contribution in [-0.4, -0.2) is 47.6 Å². The van der Waals surface area contributed by atoms with Gasteiger partial charge in [0, 0.05) is 6.42 Å². The van der Waals surface area contributed by atoms with Crippen LogP contribution in [0.3, 0.4) is 0 Å². The number of hydrogen-bond donors (Lipinski definition) is 2. The van der Waals surface area contributed by atoms with Crippen molar-refractivity contribution in [3.05, 3.63) is 0 Å². The Bertz CT molecular complexity index is 412. The molecule has 0 fully saturated rings. The van der Waals surface area contributed by atoms with Crippen molar-refractivity contribution in [2.75, 3.05) is 7.11 Å². The van der Waals surface area contributed by atoms with Crippen LogP contribution in [0, 0.1) is 5.92 Å². The van der Waals surface area contributed by atoms with E-state index in [-0.39, 0.29) is 19.3 Å². The van der Waals surface area contributed by atoms with Crippen LogP contribution in [0.25, 0.3) is 0 Å². The van der Waals surface area contributed by atoms with E-state index in [0.29, 0.717) is 18.8 Å². The maximum atomic E-state index is 12.2. The molecule has 0 aliphatic carbocycles. The van der Waals surface area contributed by atoms with Gasteiger partial charge in [0.1, 0.15) is 6.10 Å². The van der Waals surface area contributed by atoms with Gasteiger partial charge in [0.2, 0.25) is 0 Å². The Hall–Kier alpha value is -1.14. The van der Waals surface area contributed by atoms with Gasteiger partial charge in [-0.05, 0) is 25.2 Å². The van der Waals surface area contributed by atoms with Gasteiger partial charge in [-0.25, -0.2) is 0 Å². The standard InChI is InChI=1S/C22H42O6/c1-5-7-9-11-17(3)13-18(23)16-22(26)28-20(12-10-8-6-2)14-19(24)15-21(25)27-4/h17-20,23-24H,5-16H2,1-4H3. The van der Waals surface area contributed by atoms with Gasteiger partial charge in [-0.2, -0.15) is 0 Å². The monoisotopic (exact) mass is 402 g/mol. The summed E-state index contributed by atoms with van der Waals surface area (Å²) in [6.45, 7) is 6.35. The minimum Gasteiger partial charge on any atom is -0.469 e. The van der Waals surface area contributed by atoms with Crippen LogP contribution in [0.4, 0.5) is 0 Å². The first-order chi connectivity index (χ1) is 13.3. The lowest BCUT2D eigenvalue weighted by molar-refractivity contribution is -0.153. The van der Waals surface area contributed by atoms with Gasteiger partial charge in [0.25, 0.3) is 0 Å². The van der Waals surface area contributed by atoms with Gasteiger partial charge in [0.05, 0.1) is 32.2 Å². The molecule has 0 aromatic heterocycles. The normalized spacial score (nSPS) is 15.5. The Labute approximate surface area is 171 Å². The van der Waals surface area contributed by atoms with E-state index in [1.807, 2.05) is 0 Å². The lowest BCUT2D eigenvalue weighted by Gasteiger charge is -2.22. The topological polar surface area (TPSA) is 93.1 Å². The van der Waals surface area contributed by atoms with E-state index in [1.165, 1.54) is 20.0 Å². The summed E-state index contributed by atoms with van der Waals surface area (Å²) in [6, 6.07) is 0. The van der Waals surface area contributed by atoms with Crippen molar-refractivity contribution in [2.24, 2.45) is 5.92 Å². The van der Waals surface area contributed by atoms with Crippen molar-refractivity contribution in [3.8, 4) is 0 Å². The molecule has 0 radical (unpaired) electrons. The molecule has 0 aliphatic heterocycles. The van der Waals surface area contributed by atoms with Crippen molar-refractivity contribution in [1.82, 2.24) is 0 Å². The molecule has 166 valence electrons. The fourth-order valence-electron chi connectivity index (χ4n) is 3.34. The van der Waals surface area contributed by atoms with Gasteiger partial charge < -0.3 is 19.7 Å². The number of carbonyl (C=O) groups excluding carboxylic acids is 2. The summed E-state index contributed by atoms with van der Waals surface area (Å²) in [4.78, 5) is 23.5. The fourth-order valence-corrected chi connectivity index (χ4v) is 3.34. The van der Waals surface area contributed by atoms with Gasteiger partial charge in [0.15, 0.2) is 0 Å². The molecule has 0 aromatic rings. The van der Waals surface area contributed by atoms with E-state index in [9.17, 15) is 19.8 Å². The second-order valence-corrected chi connectivity index (χ2v) is 7.97. The Morgan fingerprint density at radius 2 is 1.36 bits per heavy atom. The first-order valence-electron chi connectivity index (χ1n) is 10.9. The molecule has 0 saturated heterocycles. The predicted octanol–water partition coefficient (Wildman–Crippen LogP) is 4.15. The van der Waals surface area contributed by atoms with Gasteiger partial charge in [-0.3, -0.25) is 9.59 Å². The number of esters is 2. The third-order valence-electron chi connectivity index (χ3n) is 4.97. The van der Waals surface area contributed by atoms with E-state index >= 15 is 0 Å². The predicted molar refractivity (Wildman–Crippen MR) is 110 cm³/mol. The number of ether oxygens (including phenoxy) is 2. The Kier molecular flexibility index (Phi) is 16.1. The first kappa shape index (κ1) is 26.9. The van der Waals surface area contributed by atoms with E-state index in [4.69, 9.17) is 4.74 Å². The van der Waals surface area contributed by atoms with Gasteiger partial charge in [-0.1, -0.05) is 59.3 Å². The smallest absolute Gasteiger partial charge is 0.308 e. The molecule has 28 heavy (non-hydrogen) atoms. The van der Waals surface area contributed by atoms with Crippen molar-refractivity contribution < 1.29 is 29.3 Å². The lowest BCUT2D eigenvalue weighted by Crippen LogP contribution is -2.27. The number of hydrogen-bond acceptors (Lipinski definition) is 6. The first-order valence-corrected chi connectivity index (χ1v) is 10.9. The van der Waals surface area contributed by atoms with Crippen LogP contribution < -0.4 is 0 Å². The fraction of sp³-hybridized carbons (Fsp3) is 0.909. The lowest BCUT2D eigenvalue weighted by atomic mass is 9.96. The number of unbranched alkanes of at least 4 members (excludes halogenated alkanes) is 4. The van der Waals surface area contributed by atoms with E-state index < -0.39 is 30.3 Å². The van der Waals surface area contributed by atoms with Crippen LogP contribution in [0.2, 0.25) is 0 Å². The quantitative estimate of drug-likeness (QED) is 0.280. The summed E-state index contributed by atoms with van der Waals surface area (Å²) in [5, 5.41) is 20.2. The maximum Gasteiger partial charge on any atom is 0.308 e. The maximum absolute atomic E-state index is 12.2. The highest BCUT2D eigenvalue weighted by atomic mass is 16.5. The average Bonchev–Trinajstić information content (AvgIpc) is 2.61. The Morgan fingerprint density at radius 3 is 1.93 bits per heavy atom. The zero-order valence-corrected chi connectivity index (χ0v) is 18.3. The Morgan fingerprint density at radius 1 is 0.821 bits per heavy atom. The van der Waals surface area contributed by atoms with Crippen molar-refractivity contribution in [2.45, 2.75) is 116 Å². The summed E-state index contributed by atoms with van der Waals surface area (Å²) < 4.78 is 10.1. The minimum absolute atomic E-state index is 0.0322. The van der Waals surface area contributed by atoms with Gasteiger partial charge in [-0.15, -0.1) is 0 Å². The average molecular weight is 403 g/mol. The third kappa shape index (κ3) is 14.9. The van der Waals surface area contributed by atoms with Crippen LogP contribution in [0.15, 0.2) is 0 Å². The molecule has 0 aromatic carbocycles. The molecular formula is C22H42O6. The molecule has 0 aliphatic rings. The van der Waals surface area contributed by atoms with E-state index in [1.54, 1.807) is 0 Å². The molecule has 2 N–H and O–H groups in total. The third-order valence-corrected chi connectivity index (χ3v) is 4.97. The zero-order valence-electron chi connectivity index (χ0n) is 18.3. The van der Waals surface area contributed by atoms with Crippen molar-refractivity contribution in [3.63, 3.8) is 0 Å². The highest BCUT2D eigenvalue weighted by molar-refractivity contribution is 5.70. The van der Waals surface area contributed by atoms with Crippen LogP contribution in [-0.2, 0) is 19.1 Å². The Balaban J connectivity index is 4.44. The molecule has 6 heteroatoms. The molecule has 4 atom stereocenters. The number of aliphatic hydroxyl groups excluding tert-OH is 2. The van der Waals surface area contributed by atoms with Crippen LogP contribution in [0.5, 0.6) is 0 Å². The highest BCUT2D eigenvalue weighted by Gasteiger charge is 2.23.